The Hall–Kier alpha value is -5.20. The maximum atomic E-state index is 12.9. The number of hydrogen-bond acceptors (Lipinski definition) is 4. The Balaban J connectivity index is 1.12. The lowest BCUT2D eigenvalue weighted by Gasteiger charge is -2.36. The zero-order valence-electron chi connectivity index (χ0n) is 24.8. The van der Waals surface area contributed by atoms with Crippen molar-refractivity contribution in [3.05, 3.63) is 167 Å². The molecule has 0 heterocycles. The molecule has 5 aromatic carbocycles. The summed E-state index contributed by atoms with van der Waals surface area (Å²) in [5.41, 5.74) is 6.44. The molecule has 6 nitrogen and oxygen atoms in total. The molecule has 1 atom stereocenters. The van der Waals surface area contributed by atoms with Crippen LogP contribution in [0.15, 0.2) is 140 Å². The van der Waals surface area contributed by atoms with Crippen LogP contribution in [0, 0.1) is 0 Å². The summed E-state index contributed by atoms with van der Waals surface area (Å²) in [6.45, 7) is 0.373. The predicted molar refractivity (Wildman–Crippen MR) is 174 cm³/mol. The van der Waals surface area contributed by atoms with Crippen molar-refractivity contribution < 1.29 is 24.2 Å². The molecular formula is C39H35NO5. The second-order valence-corrected chi connectivity index (χ2v) is 11.1. The molecule has 1 aliphatic carbocycles. The second kappa shape index (κ2) is 13.6. The minimum absolute atomic E-state index is 0.109. The summed E-state index contributed by atoms with van der Waals surface area (Å²) in [6.07, 6.45) is -0.180. The molecule has 0 fully saturated rings. The largest absolute Gasteiger partial charge is 0.480 e. The van der Waals surface area contributed by atoms with Crippen LogP contribution < -0.4 is 5.32 Å². The van der Waals surface area contributed by atoms with Crippen LogP contribution in [-0.2, 0) is 19.9 Å². The Morgan fingerprint density at radius 3 is 1.58 bits per heavy atom. The maximum absolute atomic E-state index is 12.9. The first-order chi connectivity index (χ1) is 22.1. The Morgan fingerprint density at radius 2 is 1.11 bits per heavy atom. The van der Waals surface area contributed by atoms with Crippen molar-refractivity contribution >= 4 is 12.1 Å². The molecular weight excluding hydrogens is 562 g/mol. The number of ether oxygens (including phenoxy) is 2. The molecule has 226 valence electrons. The van der Waals surface area contributed by atoms with Crippen molar-refractivity contribution in [3.8, 4) is 11.1 Å². The highest BCUT2D eigenvalue weighted by atomic mass is 16.5. The van der Waals surface area contributed by atoms with Gasteiger partial charge in [-0.2, -0.15) is 0 Å². The van der Waals surface area contributed by atoms with Crippen LogP contribution in [0.25, 0.3) is 11.1 Å². The van der Waals surface area contributed by atoms with Gasteiger partial charge in [-0.1, -0.05) is 140 Å². The minimum Gasteiger partial charge on any atom is -0.480 e. The third kappa shape index (κ3) is 6.24. The van der Waals surface area contributed by atoms with Gasteiger partial charge in [0, 0.05) is 12.5 Å². The molecule has 0 aliphatic heterocycles. The van der Waals surface area contributed by atoms with Crippen molar-refractivity contribution in [1.82, 2.24) is 5.32 Å². The maximum Gasteiger partial charge on any atom is 0.407 e. The molecule has 0 unspecified atom stereocenters. The van der Waals surface area contributed by atoms with E-state index in [2.05, 4.69) is 17.4 Å². The van der Waals surface area contributed by atoms with Crippen LogP contribution in [0.1, 0.15) is 46.6 Å². The van der Waals surface area contributed by atoms with Gasteiger partial charge in [-0.3, -0.25) is 0 Å². The van der Waals surface area contributed by atoms with E-state index in [1.165, 1.54) is 0 Å². The molecule has 1 aliphatic rings. The number of hydrogen-bond donors (Lipinski definition) is 2. The molecule has 0 aromatic heterocycles. The number of carboxylic acids is 1. The van der Waals surface area contributed by atoms with Crippen LogP contribution in [0.5, 0.6) is 0 Å². The second-order valence-electron chi connectivity index (χ2n) is 11.1. The first kappa shape index (κ1) is 29.9. The molecule has 1 amide bonds. The first-order valence-corrected chi connectivity index (χ1v) is 15.2. The van der Waals surface area contributed by atoms with Gasteiger partial charge in [0.05, 0.1) is 0 Å². The Labute approximate surface area is 263 Å². The van der Waals surface area contributed by atoms with Crippen molar-refractivity contribution in [3.63, 3.8) is 0 Å². The standard InChI is InChI=1S/C39H35NO5/c41-37(42)36(40-38(43)44-27-35-33-23-12-10-21-31(33)32-22-11-13-24-34(32)35)25-14-26-45-39(28-15-4-1-5-16-28,29-17-6-2-7-18-29)30-19-8-3-9-20-30/h1-13,15-24,35-36H,14,25-27H2,(H,40,43)(H,41,42)/t36-/m0/s1. The van der Waals surface area contributed by atoms with Gasteiger partial charge in [-0.15, -0.1) is 0 Å². The fourth-order valence-electron chi connectivity index (χ4n) is 6.32. The lowest BCUT2D eigenvalue weighted by molar-refractivity contribution is -0.139. The highest BCUT2D eigenvalue weighted by Gasteiger charge is 2.37. The van der Waals surface area contributed by atoms with E-state index in [-0.39, 0.29) is 25.6 Å². The lowest BCUT2D eigenvalue weighted by Crippen LogP contribution is -2.41. The summed E-state index contributed by atoms with van der Waals surface area (Å²) >= 11 is 0. The van der Waals surface area contributed by atoms with Crippen LogP contribution >= 0.6 is 0 Å². The molecule has 0 radical (unpaired) electrons. The summed E-state index contributed by atoms with van der Waals surface area (Å²) in [5, 5.41) is 12.5. The molecule has 6 rings (SSSR count). The summed E-state index contributed by atoms with van der Waals surface area (Å²) in [6, 6.07) is 45.1. The van der Waals surface area contributed by atoms with E-state index in [4.69, 9.17) is 9.47 Å². The molecule has 0 saturated carbocycles. The van der Waals surface area contributed by atoms with Crippen molar-refractivity contribution in [1.29, 1.82) is 0 Å². The van der Waals surface area contributed by atoms with Gasteiger partial charge in [0.1, 0.15) is 18.2 Å². The monoisotopic (exact) mass is 597 g/mol. The van der Waals surface area contributed by atoms with Crippen LogP contribution in [0.3, 0.4) is 0 Å². The molecule has 0 spiro atoms. The number of rotatable bonds is 12. The van der Waals surface area contributed by atoms with Crippen molar-refractivity contribution in [2.75, 3.05) is 13.2 Å². The van der Waals surface area contributed by atoms with Gasteiger partial charge in [-0.05, 0) is 51.8 Å². The number of carbonyl (C=O) groups is 2. The Morgan fingerprint density at radius 1 is 0.667 bits per heavy atom. The lowest BCUT2D eigenvalue weighted by atomic mass is 9.80. The Bertz CT molecular complexity index is 1600. The van der Waals surface area contributed by atoms with E-state index in [0.717, 1.165) is 38.9 Å². The van der Waals surface area contributed by atoms with E-state index >= 15 is 0 Å². The summed E-state index contributed by atoms with van der Waals surface area (Å²) in [7, 11) is 0. The van der Waals surface area contributed by atoms with E-state index in [1.807, 2.05) is 127 Å². The van der Waals surface area contributed by atoms with Gasteiger partial charge in [-0.25, -0.2) is 9.59 Å². The van der Waals surface area contributed by atoms with E-state index in [0.29, 0.717) is 6.42 Å². The fourth-order valence-corrected chi connectivity index (χ4v) is 6.32. The average Bonchev–Trinajstić information content (AvgIpc) is 3.41. The van der Waals surface area contributed by atoms with Gasteiger partial charge in [0.15, 0.2) is 0 Å². The van der Waals surface area contributed by atoms with Gasteiger partial charge >= 0.3 is 12.1 Å². The molecule has 2 N–H and O–H groups in total. The van der Waals surface area contributed by atoms with E-state index < -0.39 is 23.7 Å². The number of alkyl carbamates (subject to hydrolysis) is 1. The van der Waals surface area contributed by atoms with Crippen LogP contribution in [0.4, 0.5) is 4.79 Å². The van der Waals surface area contributed by atoms with Crippen LogP contribution in [0.2, 0.25) is 0 Å². The first-order valence-electron chi connectivity index (χ1n) is 15.2. The van der Waals surface area contributed by atoms with Crippen molar-refractivity contribution in [2.45, 2.75) is 30.4 Å². The topological polar surface area (TPSA) is 84.9 Å². The zero-order valence-corrected chi connectivity index (χ0v) is 24.8. The average molecular weight is 598 g/mol. The Kier molecular flexibility index (Phi) is 9.04. The smallest absolute Gasteiger partial charge is 0.407 e. The number of benzene rings is 5. The number of carboxylic acid groups (broad SMARTS) is 1. The van der Waals surface area contributed by atoms with E-state index in [9.17, 15) is 14.7 Å². The number of amides is 1. The third-order valence-corrected chi connectivity index (χ3v) is 8.43. The molecule has 0 saturated heterocycles. The van der Waals surface area contributed by atoms with Gasteiger partial charge < -0.3 is 19.9 Å². The number of carbonyl (C=O) groups excluding carboxylic acids is 1. The van der Waals surface area contributed by atoms with Gasteiger partial charge in [0.25, 0.3) is 0 Å². The SMILES string of the molecule is O=C(N[C@@H](CCCOC(c1ccccc1)(c1ccccc1)c1ccccc1)C(=O)O)OCC1c2ccccc2-c2ccccc21. The zero-order chi connectivity index (χ0) is 31.1. The van der Waals surface area contributed by atoms with Crippen molar-refractivity contribution in [2.24, 2.45) is 0 Å². The highest BCUT2D eigenvalue weighted by Crippen LogP contribution is 2.44. The number of nitrogens with one attached hydrogen (secondary N) is 1. The van der Waals surface area contributed by atoms with E-state index in [1.54, 1.807) is 0 Å². The highest BCUT2D eigenvalue weighted by molar-refractivity contribution is 5.81. The van der Waals surface area contributed by atoms with Crippen LogP contribution in [-0.4, -0.2) is 36.4 Å². The normalized spacial score (nSPS) is 13.0. The summed E-state index contributed by atoms with van der Waals surface area (Å²) < 4.78 is 12.4. The molecule has 5 aromatic rings. The molecule has 6 heteroatoms. The quantitative estimate of drug-likeness (QED) is 0.113. The molecule has 0 bridgehead atoms. The minimum atomic E-state index is -1.12. The molecule has 45 heavy (non-hydrogen) atoms. The third-order valence-electron chi connectivity index (χ3n) is 8.43. The number of aliphatic carboxylic acids is 1. The number of fused-ring (bicyclic) bond motifs is 3. The summed E-state index contributed by atoms with van der Waals surface area (Å²) in [5.74, 6) is -1.23. The fraction of sp³-hybridized carbons (Fsp3) is 0.179. The summed E-state index contributed by atoms with van der Waals surface area (Å²) in [4.78, 5) is 25.0. The predicted octanol–water partition coefficient (Wildman–Crippen LogP) is 7.77. The van der Waals surface area contributed by atoms with Gasteiger partial charge in [0.2, 0.25) is 0 Å².